The molecule has 0 aliphatic rings. The second-order valence-corrected chi connectivity index (χ2v) is 20.4. The lowest BCUT2D eigenvalue weighted by atomic mass is 9.99. The van der Waals surface area contributed by atoms with Crippen molar-refractivity contribution in [2.45, 2.75) is 85.6 Å². The summed E-state index contributed by atoms with van der Waals surface area (Å²) in [7, 11) is -7.25. The molecule has 0 saturated heterocycles. The summed E-state index contributed by atoms with van der Waals surface area (Å²) < 4.78 is 25.7. The van der Waals surface area contributed by atoms with Gasteiger partial charge < -0.3 is 8.43 Å². The maximum Gasteiger partial charge on any atom is 0.335 e. The zero-order valence-electron chi connectivity index (χ0n) is 16.2. The highest BCUT2D eigenvalue weighted by Crippen LogP contribution is 2.58. The smallest absolute Gasteiger partial charge is 0.335 e. The molecule has 0 rings (SSSR count). The van der Waals surface area contributed by atoms with Gasteiger partial charge in [-0.2, -0.15) is 0 Å². The van der Waals surface area contributed by atoms with E-state index in [-0.39, 0.29) is 5.41 Å². The van der Waals surface area contributed by atoms with Gasteiger partial charge in [-0.05, 0) is 51.1 Å². The molecule has 0 amide bonds. The molecule has 0 aromatic rings. The number of rotatable bonds is 8. The minimum atomic E-state index is -3.25. The molecule has 132 valence electrons. The van der Waals surface area contributed by atoms with E-state index < -0.39 is 30.0 Å². The fourth-order valence-corrected chi connectivity index (χ4v) is 10.2. The van der Waals surface area contributed by atoms with Gasteiger partial charge in [0.2, 0.25) is 0 Å². The largest absolute Gasteiger partial charge is 0.350 e. The lowest BCUT2D eigenvalue weighted by Crippen LogP contribution is -2.33. The van der Waals surface area contributed by atoms with Gasteiger partial charge in [-0.1, -0.05) is 34.1 Å². The lowest BCUT2D eigenvalue weighted by Gasteiger charge is -2.34. The third-order valence-corrected chi connectivity index (χ3v) is 9.89. The Hall–Kier alpha value is 0.254. The van der Waals surface area contributed by atoms with Crippen molar-refractivity contribution in [1.29, 1.82) is 0 Å². The Kier molecular flexibility index (Phi) is 7.98. The fraction of sp³-hybridized carbons (Fsp3) is 0.933. The van der Waals surface area contributed by atoms with Crippen LogP contribution >= 0.6 is 7.60 Å². The fourth-order valence-electron chi connectivity index (χ4n) is 1.79. The van der Waals surface area contributed by atoms with E-state index in [9.17, 15) is 4.57 Å². The van der Waals surface area contributed by atoms with Gasteiger partial charge in [-0.3, -0.25) is 9.56 Å². The summed E-state index contributed by atoms with van der Waals surface area (Å²) in [5, 5.41) is 0. The highest BCUT2D eigenvalue weighted by molar-refractivity contribution is 7.57. The summed E-state index contributed by atoms with van der Waals surface area (Å²) >= 11 is 0. The molecule has 7 heteroatoms. The zero-order valence-corrected chi connectivity index (χ0v) is 19.1. The molecule has 0 aromatic carbocycles. The van der Waals surface area contributed by atoms with Gasteiger partial charge in [-0.15, -0.1) is 0 Å². The highest BCUT2D eigenvalue weighted by atomic mass is 31.2. The predicted molar refractivity (Wildman–Crippen MR) is 103 cm³/mol. The lowest BCUT2D eigenvalue weighted by molar-refractivity contribution is 0.365. The molecule has 0 aromatic heterocycles. The minimum Gasteiger partial charge on any atom is -0.350 e. The summed E-state index contributed by atoms with van der Waals surface area (Å²) in [6.45, 7) is 20.6. The first-order valence-electron chi connectivity index (χ1n) is 8.13. The molecule has 1 atom stereocenters. The molecular formula is C15H36NO3PSi2. The van der Waals surface area contributed by atoms with Crippen molar-refractivity contribution < 1.29 is 13.0 Å². The molecule has 0 spiro atoms. The van der Waals surface area contributed by atoms with Gasteiger partial charge in [-0.25, -0.2) is 0 Å². The van der Waals surface area contributed by atoms with Crippen LogP contribution in [0, 0.1) is 5.41 Å². The van der Waals surface area contributed by atoms with Crippen molar-refractivity contribution in [1.82, 2.24) is 0 Å². The van der Waals surface area contributed by atoms with Gasteiger partial charge in [0.1, 0.15) is 5.78 Å². The van der Waals surface area contributed by atoms with Crippen LogP contribution in [-0.2, 0) is 13.0 Å². The topological polar surface area (TPSA) is 47.9 Å². The zero-order chi connectivity index (χ0) is 17.8. The van der Waals surface area contributed by atoms with Crippen LogP contribution in [0.1, 0.15) is 40.5 Å². The molecule has 0 aliphatic heterocycles. The minimum absolute atomic E-state index is 0.0465. The van der Waals surface area contributed by atoms with Crippen LogP contribution in [0.3, 0.4) is 0 Å². The van der Waals surface area contributed by atoms with Crippen LogP contribution < -0.4 is 0 Å². The van der Waals surface area contributed by atoms with Crippen molar-refractivity contribution >= 4 is 30.4 Å². The van der Waals surface area contributed by atoms with E-state index in [1.165, 1.54) is 0 Å². The van der Waals surface area contributed by atoms with E-state index in [1.54, 1.807) is 0 Å². The van der Waals surface area contributed by atoms with E-state index in [0.29, 0.717) is 0 Å². The van der Waals surface area contributed by atoms with Crippen LogP contribution in [0.4, 0.5) is 0 Å². The number of hydrogen-bond donors (Lipinski definition) is 0. The Morgan fingerprint density at radius 1 is 1.05 bits per heavy atom. The Balaban J connectivity index is 5.65. The monoisotopic (exact) mass is 365 g/mol. The summed E-state index contributed by atoms with van der Waals surface area (Å²) in [4.78, 5) is 4.63. The average molecular weight is 366 g/mol. The van der Waals surface area contributed by atoms with Crippen LogP contribution in [0.2, 0.25) is 39.3 Å². The average Bonchev–Trinajstić information content (AvgIpc) is 2.16. The van der Waals surface area contributed by atoms with Crippen molar-refractivity contribution in [2.75, 3.05) is 0 Å². The van der Waals surface area contributed by atoms with Gasteiger partial charge in [0.15, 0.2) is 16.6 Å². The van der Waals surface area contributed by atoms with Gasteiger partial charge >= 0.3 is 7.60 Å². The van der Waals surface area contributed by atoms with E-state index in [0.717, 1.165) is 12.8 Å². The molecular weight excluding hydrogens is 329 g/mol. The van der Waals surface area contributed by atoms with Gasteiger partial charge in [0.05, 0.1) is 0 Å². The molecule has 1 unspecified atom stereocenters. The summed E-state index contributed by atoms with van der Waals surface area (Å²) in [5.41, 5.74) is -0.0465. The molecule has 0 heterocycles. The van der Waals surface area contributed by atoms with Crippen molar-refractivity contribution in [3.8, 4) is 0 Å². The normalized spacial score (nSPS) is 16.3. The van der Waals surface area contributed by atoms with E-state index in [4.69, 9.17) is 8.43 Å². The molecule has 4 nitrogen and oxygen atoms in total. The van der Waals surface area contributed by atoms with Crippen LogP contribution in [0.5, 0.6) is 0 Å². The first-order chi connectivity index (χ1) is 9.58. The first kappa shape index (κ1) is 22.3. The van der Waals surface area contributed by atoms with E-state index in [2.05, 4.69) is 32.7 Å². The number of hydrogen-bond acceptors (Lipinski definition) is 4. The maximum atomic E-state index is 13.6. The Bertz CT molecular complexity index is 400. The molecule has 0 radical (unpaired) electrons. The van der Waals surface area contributed by atoms with Gasteiger partial charge in [0, 0.05) is 6.21 Å². The first-order valence-corrected chi connectivity index (χ1v) is 16.6. The van der Waals surface area contributed by atoms with Crippen molar-refractivity contribution in [3.63, 3.8) is 0 Å². The summed E-state index contributed by atoms with van der Waals surface area (Å²) in [6, 6.07) is 0. The highest BCUT2D eigenvalue weighted by Gasteiger charge is 2.42. The summed E-state index contributed by atoms with van der Waals surface area (Å²) in [6.07, 6.45) is 3.51. The molecule has 0 N–H and O–H groups in total. The number of nitrogens with zero attached hydrogens (tertiary/aromatic N) is 1. The van der Waals surface area contributed by atoms with Crippen LogP contribution in [0.25, 0.3) is 0 Å². The summed E-state index contributed by atoms with van der Waals surface area (Å²) in [5.74, 6) is -0.393. The Morgan fingerprint density at radius 3 is 1.73 bits per heavy atom. The molecule has 0 aliphatic carbocycles. The van der Waals surface area contributed by atoms with E-state index in [1.807, 2.05) is 45.5 Å². The third kappa shape index (κ3) is 10.1. The quantitative estimate of drug-likeness (QED) is 0.295. The Morgan fingerprint density at radius 2 is 1.45 bits per heavy atom. The second kappa shape index (κ2) is 7.88. The van der Waals surface area contributed by atoms with Crippen LogP contribution in [0.15, 0.2) is 4.99 Å². The second-order valence-electron chi connectivity index (χ2n) is 8.86. The molecule has 0 saturated carbocycles. The third-order valence-electron chi connectivity index (χ3n) is 2.35. The van der Waals surface area contributed by atoms with Gasteiger partial charge in [0.25, 0.3) is 0 Å². The maximum absolute atomic E-state index is 13.6. The molecule has 22 heavy (non-hydrogen) atoms. The number of aliphatic imine (C=N–C) groups is 1. The SMILES string of the molecule is CCCC(/N=C/C(C)(C)C)P(=O)(O[Si](C)(C)C)O[Si](C)(C)C. The molecule has 0 bridgehead atoms. The van der Waals surface area contributed by atoms with Crippen molar-refractivity contribution in [2.24, 2.45) is 10.4 Å². The van der Waals surface area contributed by atoms with E-state index >= 15 is 0 Å². The van der Waals surface area contributed by atoms with Crippen LogP contribution in [-0.4, -0.2) is 28.6 Å². The predicted octanol–water partition coefficient (Wildman–Crippen LogP) is 6.13. The standard InChI is InChI=1S/C15H36NO3PSi2/c1-11-12-14(16-13-15(2,3)4)20(17,18-21(5,6)7)19-22(8,9)10/h13-14H,11-12H2,1-10H3/b16-13+. The molecule has 0 fully saturated rings. The Labute approximate surface area is 139 Å². The van der Waals surface area contributed by atoms with Crippen molar-refractivity contribution in [3.05, 3.63) is 0 Å².